The average molecular weight is 200 g/mol. The molecule has 0 fully saturated rings. The van der Waals surface area contributed by atoms with E-state index in [-0.39, 0.29) is 0 Å². The van der Waals surface area contributed by atoms with Gasteiger partial charge in [0.2, 0.25) is 0 Å². The number of hydrogen-bond acceptors (Lipinski definition) is 1. The zero-order valence-electron chi connectivity index (χ0n) is 9.03. The van der Waals surface area contributed by atoms with Crippen LogP contribution in [0.15, 0.2) is 36.4 Å². The van der Waals surface area contributed by atoms with Crippen molar-refractivity contribution >= 4 is 10.8 Å². The summed E-state index contributed by atoms with van der Waals surface area (Å²) >= 11 is 0. The van der Waals surface area contributed by atoms with Gasteiger partial charge in [-0.15, -0.1) is 0 Å². The number of hydrogen-bond donors (Lipinski definition) is 1. The molecule has 0 saturated carbocycles. The minimum absolute atomic E-state index is 0.337. The van der Waals surface area contributed by atoms with E-state index >= 15 is 0 Å². The summed E-state index contributed by atoms with van der Waals surface area (Å²) in [6.07, 6.45) is 3.62. The largest absolute Gasteiger partial charge is 0.508 e. The molecule has 1 nitrogen and oxygen atoms in total. The molecule has 78 valence electrons. The van der Waals surface area contributed by atoms with Gasteiger partial charge in [-0.05, 0) is 41.3 Å². The third-order valence-corrected chi connectivity index (χ3v) is 2.71. The first kappa shape index (κ1) is 10.0. The first-order valence-electron chi connectivity index (χ1n) is 5.51. The van der Waals surface area contributed by atoms with Gasteiger partial charge in [-0.25, -0.2) is 0 Å². The second-order valence-electron chi connectivity index (χ2n) is 3.97. The number of phenolic OH excluding ortho intramolecular Hbond substituents is 1. The Morgan fingerprint density at radius 1 is 1.00 bits per heavy atom. The molecule has 0 bridgehead atoms. The maximum atomic E-state index is 9.34. The van der Waals surface area contributed by atoms with Gasteiger partial charge >= 0.3 is 0 Å². The maximum absolute atomic E-state index is 9.34. The molecule has 1 N–H and O–H groups in total. The Hall–Kier alpha value is -1.50. The normalized spacial score (nSPS) is 10.7. The third kappa shape index (κ3) is 2.30. The fourth-order valence-corrected chi connectivity index (χ4v) is 1.82. The van der Waals surface area contributed by atoms with Gasteiger partial charge in [0.25, 0.3) is 0 Å². The van der Waals surface area contributed by atoms with Gasteiger partial charge < -0.3 is 5.11 Å². The van der Waals surface area contributed by atoms with Crippen molar-refractivity contribution in [1.82, 2.24) is 0 Å². The predicted octanol–water partition coefficient (Wildman–Crippen LogP) is 3.89. The van der Waals surface area contributed by atoms with E-state index in [9.17, 15) is 5.11 Å². The summed E-state index contributed by atoms with van der Waals surface area (Å²) in [5.41, 5.74) is 1.38. The van der Waals surface area contributed by atoms with Crippen LogP contribution < -0.4 is 0 Å². The van der Waals surface area contributed by atoms with Crippen molar-refractivity contribution in [3.8, 4) is 5.75 Å². The van der Waals surface area contributed by atoms with E-state index in [1.54, 1.807) is 12.1 Å². The van der Waals surface area contributed by atoms with Crippen molar-refractivity contribution in [2.45, 2.75) is 26.2 Å². The van der Waals surface area contributed by atoms with Gasteiger partial charge in [-0.3, -0.25) is 0 Å². The molecule has 0 aliphatic heterocycles. The molecule has 0 radical (unpaired) electrons. The van der Waals surface area contributed by atoms with Crippen LogP contribution in [0.2, 0.25) is 0 Å². The number of aromatic hydroxyl groups is 1. The zero-order valence-corrected chi connectivity index (χ0v) is 9.03. The first-order valence-corrected chi connectivity index (χ1v) is 5.51. The Kier molecular flexibility index (Phi) is 2.91. The van der Waals surface area contributed by atoms with Gasteiger partial charge in [0.1, 0.15) is 5.75 Å². The van der Waals surface area contributed by atoms with Gasteiger partial charge in [0, 0.05) is 0 Å². The van der Waals surface area contributed by atoms with Crippen molar-refractivity contribution < 1.29 is 5.11 Å². The molecular weight excluding hydrogens is 184 g/mol. The highest BCUT2D eigenvalue weighted by molar-refractivity contribution is 5.84. The minimum Gasteiger partial charge on any atom is -0.508 e. The highest BCUT2D eigenvalue weighted by Crippen LogP contribution is 2.21. The Balaban J connectivity index is 2.34. The standard InChI is InChI=1S/C14H16O/c1-2-3-4-11-5-6-13-10-14(15)8-7-12(13)9-11/h5-10,15H,2-4H2,1H3. The average Bonchev–Trinajstić information content (AvgIpc) is 2.26. The van der Waals surface area contributed by atoms with E-state index in [0.29, 0.717) is 5.75 Å². The fraction of sp³-hybridized carbons (Fsp3) is 0.286. The van der Waals surface area contributed by atoms with E-state index in [2.05, 4.69) is 25.1 Å². The van der Waals surface area contributed by atoms with Crippen molar-refractivity contribution in [2.24, 2.45) is 0 Å². The molecule has 0 aliphatic carbocycles. The van der Waals surface area contributed by atoms with E-state index in [4.69, 9.17) is 0 Å². The molecule has 1 heteroatoms. The number of unbranched alkanes of at least 4 members (excludes halogenated alkanes) is 1. The van der Waals surface area contributed by atoms with E-state index in [0.717, 1.165) is 11.8 Å². The summed E-state index contributed by atoms with van der Waals surface area (Å²) in [6, 6.07) is 12.0. The van der Waals surface area contributed by atoms with Crippen LogP contribution in [0.3, 0.4) is 0 Å². The first-order chi connectivity index (χ1) is 7.29. The van der Waals surface area contributed by atoms with Crippen molar-refractivity contribution in [3.63, 3.8) is 0 Å². The third-order valence-electron chi connectivity index (χ3n) is 2.71. The molecule has 0 unspecified atom stereocenters. The van der Waals surface area contributed by atoms with E-state index in [1.807, 2.05) is 6.07 Å². The Morgan fingerprint density at radius 3 is 2.53 bits per heavy atom. The number of rotatable bonds is 3. The highest BCUT2D eigenvalue weighted by atomic mass is 16.3. The molecule has 15 heavy (non-hydrogen) atoms. The molecule has 2 rings (SSSR count). The van der Waals surface area contributed by atoms with Gasteiger partial charge in [-0.2, -0.15) is 0 Å². The van der Waals surface area contributed by atoms with Crippen LogP contribution in [0.25, 0.3) is 10.8 Å². The van der Waals surface area contributed by atoms with Crippen molar-refractivity contribution in [2.75, 3.05) is 0 Å². The quantitative estimate of drug-likeness (QED) is 0.797. The summed E-state index contributed by atoms with van der Waals surface area (Å²) in [7, 11) is 0. The molecule has 2 aromatic rings. The summed E-state index contributed by atoms with van der Waals surface area (Å²) in [4.78, 5) is 0. The minimum atomic E-state index is 0.337. The van der Waals surface area contributed by atoms with Gasteiger partial charge in [0.05, 0.1) is 0 Å². The van der Waals surface area contributed by atoms with E-state index < -0.39 is 0 Å². The van der Waals surface area contributed by atoms with Crippen LogP contribution in [0.4, 0.5) is 0 Å². The number of fused-ring (bicyclic) bond motifs is 1. The SMILES string of the molecule is CCCCc1ccc2cc(O)ccc2c1. The molecule has 0 amide bonds. The second-order valence-corrected chi connectivity index (χ2v) is 3.97. The van der Waals surface area contributed by atoms with Crippen LogP contribution in [0.5, 0.6) is 5.75 Å². The second kappa shape index (κ2) is 4.35. The van der Waals surface area contributed by atoms with Crippen molar-refractivity contribution in [1.29, 1.82) is 0 Å². The molecule has 0 atom stereocenters. The smallest absolute Gasteiger partial charge is 0.116 e. The van der Waals surface area contributed by atoms with Crippen molar-refractivity contribution in [3.05, 3.63) is 42.0 Å². The van der Waals surface area contributed by atoms with Gasteiger partial charge in [-0.1, -0.05) is 37.6 Å². The Labute approximate surface area is 90.4 Å². The summed E-state index contributed by atoms with van der Waals surface area (Å²) < 4.78 is 0. The van der Waals surface area contributed by atoms with Gasteiger partial charge in [0.15, 0.2) is 0 Å². The monoisotopic (exact) mass is 200 g/mol. The molecule has 0 saturated heterocycles. The molecule has 0 aliphatic rings. The molecule has 2 aromatic carbocycles. The van der Waals surface area contributed by atoms with E-state index in [1.165, 1.54) is 23.8 Å². The number of benzene rings is 2. The lowest BCUT2D eigenvalue weighted by molar-refractivity contribution is 0.476. The number of phenols is 1. The molecule has 0 spiro atoms. The predicted molar refractivity (Wildman–Crippen MR) is 64.2 cm³/mol. The van der Waals surface area contributed by atoms with Crippen LogP contribution in [0, 0.1) is 0 Å². The van der Waals surface area contributed by atoms with Crippen LogP contribution >= 0.6 is 0 Å². The maximum Gasteiger partial charge on any atom is 0.116 e. The lowest BCUT2D eigenvalue weighted by Gasteiger charge is -2.03. The fourth-order valence-electron chi connectivity index (χ4n) is 1.82. The lowest BCUT2D eigenvalue weighted by Crippen LogP contribution is -1.84. The number of aryl methyl sites for hydroxylation is 1. The Bertz CT molecular complexity index is 460. The highest BCUT2D eigenvalue weighted by Gasteiger charge is 1.97. The summed E-state index contributed by atoms with van der Waals surface area (Å²) in [5.74, 6) is 0.337. The summed E-state index contributed by atoms with van der Waals surface area (Å²) in [5, 5.41) is 11.7. The molecule has 0 heterocycles. The topological polar surface area (TPSA) is 20.2 Å². The molecule has 0 aromatic heterocycles. The lowest BCUT2D eigenvalue weighted by atomic mass is 10.0. The van der Waals surface area contributed by atoms with Crippen LogP contribution in [0.1, 0.15) is 25.3 Å². The summed E-state index contributed by atoms with van der Waals surface area (Å²) in [6.45, 7) is 2.21. The zero-order chi connectivity index (χ0) is 10.7. The van der Waals surface area contributed by atoms with Crippen LogP contribution in [-0.4, -0.2) is 5.11 Å². The molecular formula is C14H16O. The van der Waals surface area contributed by atoms with Crippen LogP contribution in [-0.2, 0) is 6.42 Å². The Morgan fingerprint density at radius 2 is 1.73 bits per heavy atom.